The molecule has 8 heteroatoms. The Balaban J connectivity index is 2.37. The lowest BCUT2D eigenvalue weighted by Crippen LogP contribution is -2.41. The monoisotopic (exact) mass is 351 g/mol. The molecule has 2 rings (SSSR count). The highest BCUT2D eigenvalue weighted by atomic mass is 79.9. The van der Waals surface area contributed by atoms with Crippen LogP contribution in [0.5, 0.6) is 0 Å². The van der Waals surface area contributed by atoms with Crippen LogP contribution >= 0.6 is 15.9 Å². The molecule has 1 aliphatic heterocycles. The zero-order valence-electron chi connectivity index (χ0n) is 11.5. The second kappa shape index (κ2) is 4.71. The normalized spacial score (nSPS) is 21.3. The molecule has 0 atom stereocenters. The van der Waals surface area contributed by atoms with Gasteiger partial charge in [-0.3, -0.25) is 4.98 Å². The van der Waals surface area contributed by atoms with Gasteiger partial charge in [-0.05, 0) is 55.8 Å². The molecule has 0 radical (unpaired) electrons. The fourth-order valence-electron chi connectivity index (χ4n) is 1.75. The predicted molar refractivity (Wildman–Crippen MR) is 72.7 cm³/mol. The van der Waals surface area contributed by atoms with Crippen LogP contribution in [-0.2, 0) is 15.5 Å². The second-order valence-corrected chi connectivity index (χ2v) is 6.51. The molecule has 2 heterocycles. The summed E-state index contributed by atoms with van der Waals surface area (Å²) in [5.41, 5.74) is -2.11. The van der Waals surface area contributed by atoms with Crippen molar-refractivity contribution >= 4 is 28.6 Å². The number of pyridine rings is 1. The van der Waals surface area contributed by atoms with Gasteiger partial charge < -0.3 is 9.31 Å². The molecule has 1 aromatic rings. The molecule has 1 fully saturated rings. The van der Waals surface area contributed by atoms with Crippen LogP contribution in [0.2, 0.25) is 0 Å². The van der Waals surface area contributed by atoms with Crippen molar-refractivity contribution in [1.29, 1.82) is 0 Å². The maximum absolute atomic E-state index is 12.8. The Labute approximate surface area is 124 Å². The van der Waals surface area contributed by atoms with E-state index in [1.807, 2.05) is 27.7 Å². The molecule has 1 aromatic heterocycles. The van der Waals surface area contributed by atoms with Gasteiger partial charge in [0, 0.05) is 4.47 Å². The summed E-state index contributed by atoms with van der Waals surface area (Å²) in [7, 11) is -0.908. The summed E-state index contributed by atoms with van der Waals surface area (Å²) >= 11 is 2.86. The van der Waals surface area contributed by atoms with Gasteiger partial charge in [-0.2, -0.15) is 13.2 Å². The van der Waals surface area contributed by atoms with Gasteiger partial charge in [0.2, 0.25) is 0 Å². The van der Waals surface area contributed by atoms with Crippen molar-refractivity contribution in [1.82, 2.24) is 4.98 Å². The van der Waals surface area contributed by atoms with E-state index in [0.717, 1.165) is 0 Å². The first kappa shape index (κ1) is 15.8. The first-order chi connectivity index (χ1) is 8.94. The Bertz CT molecular complexity index is 518. The maximum atomic E-state index is 12.8. The lowest BCUT2D eigenvalue weighted by Gasteiger charge is -2.32. The average molecular weight is 352 g/mol. The molecular formula is C12H14BBrF3NO2. The Morgan fingerprint density at radius 3 is 2.05 bits per heavy atom. The topological polar surface area (TPSA) is 31.4 Å². The zero-order chi connectivity index (χ0) is 15.3. The van der Waals surface area contributed by atoms with E-state index >= 15 is 0 Å². The van der Waals surface area contributed by atoms with Crippen LogP contribution in [0.15, 0.2) is 16.6 Å². The van der Waals surface area contributed by atoms with Crippen LogP contribution in [0, 0.1) is 0 Å². The van der Waals surface area contributed by atoms with E-state index in [-0.39, 0.29) is 10.1 Å². The van der Waals surface area contributed by atoms with Crippen molar-refractivity contribution in [3.8, 4) is 0 Å². The molecule has 1 saturated heterocycles. The molecule has 0 unspecified atom stereocenters. The Kier molecular flexibility index (Phi) is 3.72. The lowest BCUT2D eigenvalue weighted by atomic mass is 9.84. The van der Waals surface area contributed by atoms with Crippen LogP contribution in [0.1, 0.15) is 33.4 Å². The number of hydrogen-bond acceptors (Lipinski definition) is 3. The molecule has 0 bridgehead atoms. The minimum atomic E-state index is -4.53. The van der Waals surface area contributed by atoms with Gasteiger partial charge in [-0.25, -0.2) is 0 Å². The highest BCUT2D eigenvalue weighted by molar-refractivity contribution is 9.10. The van der Waals surface area contributed by atoms with Crippen LogP contribution in [0.25, 0.3) is 0 Å². The highest BCUT2D eigenvalue weighted by Gasteiger charge is 2.52. The van der Waals surface area contributed by atoms with E-state index in [9.17, 15) is 13.2 Å². The minimum Gasteiger partial charge on any atom is -0.398 e. The van der Waals surface area contributed by atoms with Crippen LogP contribution in [-0.4, -0.2) is 23.3 Å². The number of hydrogen-bond donors (Lipinski definition) is 0. The van der Waals surface area contributed by atoms with Gasteiger partial charge in [0.05, 0.1) is 16.8 Å². The molecular weight excluding hydrogens is 338 g/mol. The summed E-state index contributed by atoms with van der Waals surface area (Å²) in [6, 6.07) is 2.76. The van der Waals surface area contributed by atoms with Crippen molar-refractivity contribution in [2.45, 2.75) is 45.1 Å². The van der Waals surface area contributed by atoms with Crippen molar-refractivity contribution in [2.24, 2.45) is 0 Å². The number of alkyl halides is 3. The largest absolute Gasteiger partial charge is 0.514 e. The van der Waals surface area contributed by atoms with Gasteiger partial charge >= 0.3 is 13.3 Å². The van der Waals surface area contributed by atoms with Crippen molar-refractivity contribution in [3.05, 3.63) is 22.3 Å². The van der Waals surface area contributed by atoms with E-state index in [0.29, 0.717) is 0 Å². The fourth-order valence-corrected chi connectivity index (χ4v) is 2.20. The predicted octanol–water partition coefficient (Wildman–Crippen LogP) is 3.16. The molecule has 0 amide bonds. The number of rotatable bonds is 1. The quantitative estimate of drug-likeness (QED) is 0.728. The van der Waals surface area contributed by atoms with Gasteiger partial charge in [0.25, 0.3) is 0 Å². The molecule has 20 heavy (non-hydrogen) atoms. The second-order valence-electron chi connectivity index (χ2n) is 5.65. The molecule has 3 nitrogen and oxygen atoms in total. The third-order valence-electron chi connectivity index (χ3n) is 3.63. The summed E-state index contributed by atoms with van der Waals surface area (Å²) in [4.78, 5) is 3.63. The molecule has 0 aliphatic carbocycles. The standard InChI is InChI=1S/C12H14BBrF3NO2/c1-10(2)11(3,4)20-13(19-10)8-6-5-7(14)9(18-8)12(15,16)17/h5-6H,1-4H3. The van der Waals surface area contributed by atoms with Gasteiger partial charge in [0.15, 0.2) is 5.69 Å². The maximum Gasteiger partial charge on any atom is 0.514 e. The van der Waals surface area contributed by atoms with E-state index in [1.165, 1.54) is 12.1 Å². The third-order valence-corrected chi connectivity index (χ3v) is 4.27. The first-order valence-electron chi connectivity index (χ1n) is 6.03. The molecule has 0 aromatic carbocycles. The Morgan fingerprint density at radius 1 is 1.10 bits per heavy atom. The molecule has 0 spiro atoms. The fraction of sp³-hybridized carbons (Fsp3) is 0.583. The van der Waals surface area contributed by atoms with Crippen LogP contribution < -0.4 is 5.59 Å². The Hall–Kier alpha value is -0.595. The molecule has 0 N–H and O–H groups in total. The summed E-state index contributed by atoms with van der Waals surface area (Å²) < 4.78 is 49.8. The number of aromatic nitrogens is 1. The van der Waals surface area contributed by atoms with E-state index < -0.39 is 30.2 Å². The number of halogens is 4. The smallest absolute Gasteiger partial charge is 0.398 e. The molecule has 1 aliphatic rings. The van der Waals surface area contributed by atoms with Crippen LogP contribution in [0.3, 0.4) is 0 Å². The third kappa shape index (κ3) is 2.73. The van der Waals surface area contributed by atoms with E-state index in [1.54, 1.807) is 0 Å². The van der Waals surface area contributed by atoms with E-state index in [4.69, 9.17) is 9.31 Å². The number of nitrogens with zero attached hydrogens (tertiary/aromatic N) is 1. The summed E-state index contributed by atoms with van der Waals surface area (Å²) in [6.07, 6.45) is -4.53. The van der Waals surface area contributed by atoms with Crippen molar-refractivity contribution in [3.63, 3.8) is 0 Å². The van der Waals surface area contributed by atoms with E-state index in [2.05, 4.69) is 20.9 Å². The molecule has 0 saturated carbocycles. The summed E-state index contributed by atoms with van der Waals surface area (Å²) in [6.45, 7) is 7.32. The zero-order valence-corrected chi connectivity index (χ0v) is 13.1. The van der Waals surface area contributed by atoms with Crippen molar-refractivity contribution in [2.75, 3.05) is 0 Å². The van der Waals surface area contributed by atoms with Crippen molar-refractivity contribution < 1.29 is 22.5 Å². The van der Waals surface area contributed by atoms with Gasteiger partial charge in [0.1, 0.15) is 0 Å². The summed E-state index contributed by atoms with van der Waals surface area (Å²) in [5.74, 6) is 0. The highest BCUT2D eigenvalue weighted by Crippen LogP contribution is 2.37. The lowest BCUT2D eigenvalue weighted by molar-refractivity contribution is -0.141. The first-order valence-corrected chi connectivity index (χ1v) is 6.83. The summed E-state index contributed by atoms with van der Waals surface area (Å²) in [5, 5.41) is 0. The Morgan fingerprint density at radius 2 is 1.60 bits per heavy atom. The SMILES string of the molecule is CC1(C)OB(c2ccc(Br)c(C(F)(F)F)n2)OC1(C)C. The average Bonchev–Trinajstić information content (AvgIpc) is 2.47. The van der Waals surface area contributed by atoms with Crippen LogP contribution in [0.4, 0.5) is 13.2 Å². The van der Waals surface area contributed by atoms with Gasteiger partial charge in [-0.1, -0.05) is 0 Å². The minimum absolute atomic E-state index is 0.106. The molecule has 110 valence electrons. The van der Waals surface area contributed by atoms with Gasteiger partial charge in [-0.15, -0.1) is 0 Å².